The van der Waals surface area contributed by atoms with E-state index in [4.69, 9.17) is 0 Å². The molecule has 0 bridgehead atoms. The van der Waals surface area contributed by atoms with E-state index in [0.717, 1.165) is 46.8 Å². The fraction of sp³-hybridized carbons (Fsp3) is 0.353. The molecule has 0 fully saturated rings. The van der Waals surface area contributed by atoms with Crippen molar-refractivity contribution in [1.82, 2.24) is 0 Å². The lowest BCUT2D eigenvalue weighted by Crippen LogP contribution is -2.12. The van der Waals surface area contributed by atoms with Crippen LogP contribution >= 0.6 is 0 Å². The summed E-state index contributed by atoms with van der Waals surface area (Å²) >= 11 is 0. The molecule has 3 rings (SSSR count). The Morgan fingerprint density at radius 3 is 2.75 bits per heavy atom. The number of hydrogen-bond donors (Lipinski definition) is 1. The van der Waals surface area contributed by atoms with Crippen LogP contribution in [0, 0.1) is 0 Å². The van der Waals surface area contributed by atoms with E-state index >= 15 is 0 Å². The molecule has 3 nitrogen and oxygen atoms in total. The Hall–Kier alpha value is -1.87. The minimum atomic E-state index is -0.419. The Morgan fingerprint density at radius 2 is 2.05 bits per heavy atom. The topological polar surface area (TPSA) is 40.5 Å². The van der Waals surface area contributed by atoms with Gasteiger partial charge in [-0.1, -0.05) is 12.1 Å². The smallest absolute Gasteiger partial charge is 0.189 e. The highest BCUT2D eigenvalue weighted by Crippen LogP contribution is 2.36. The van der Waals surface area contributed by atoms with Crippen LogP contribution < -0.4 is 4.90 Å². The summed E-state index contributed by atoms with van der Waals surface area (Å²) in [7, 11) is 4.02. The quantitative estimate of drug-likeness (QED) is 0.871. The highest BCUT2D eigenvalue weighted by molar-refractivity contribution is 6.13. The van der Waals surface area contributed by atoms with Crippen molar-refractivity contribution < 1.29 is 9.90 Å². The summed E-state index contributed by atoms with van der Waals surface area (Å²) in [5.41, 5.74) is 4.27. The first kappa shape index (κ1) is 13.1. The zero-order chi connectivity index (χ0) is 14.3. The molecular formula is C17H19NO2. The number of Topliss-reactive ketones (excluding diaryl/α,β-unsaturated/α-hetero) is 1. The van der Waals surface area contributed by atoms with Gasteiger partial charge in [-0.25, -0.2) is 0 Å². The average molecular weight is 269 g/mol. The number of carbonyl (C=O) groups excluding carboxylic acids is 1. The summed E-state index contributed by atoms with van der Waals surface area (Å²) in [4.78, 5) is 14.3. The first-order valence-corrected chi connectivity index (χ1v) is 7.02. The van der Waals surface area contributed by atoms with Gasteiger partial charge in [-0.2, -0.15) is 0 Å². The fourth-order valence-electron chi connectivity index (χ4n) is 3.26. The maximum atomic E-state index is 12.2. The Balaban J connectivity index is 2.40. The molecular weight excluding hydrogens is 250 g/mol. The summed E-state index contributed by atoms with van der Waals surface area (Å²) in [6, 6.07) is 8.26. The summed E-state index contributed by atoms with van der Waals surface area (Å²) in [5.74, 6) is -0.162. The third-order valence-electron chi connectivity index (χ3n) is 4.14. The molecule has 0 heterocycles. The van der Waals surface area contributed by atoms with Gasteiger partial charge >= 0.3 is 0 Å². The largest absolute Gasteiger partial charge is 0.388 e. The third kappa shape index (κ3) is 1.90. The van der Waals surface area contributed by atoms with Crippen molar-refractivity contribution in [2.45, 2.75) is 19.3 Å². The zero-order valence-corrected chi connectivity index (χ0v) is 11.9. The average Bonchev–Trinajstić information content (AvgIpc) is 2.90. The molecule has 20 heavy (non-hydrogen) atoms. The van der Waals surface area contributed by atoms with Crippen LogP contribution in [-0.2, 0) is 12.8 Å². The highest BCUT2D eigenvalue weighted by atomic mass is 16.3. The van der Waals surface area contributed by atoms with Crippen LogP contribution in [0.3, 0.4) is 0 Å². The normalized spacial score (nSPS) is 13.6. The molecule has 0 spiro atoms. The predicted octanol–water partition coefficient (Wildman–Crippen LogP) is 2.57. The number of aliphatic hydroxyl groups is 1. The van der Waals surface area contributed by atoms with Gasteiger partial charge in [0.05, 0.1) is 0 Å². The SMILES string of the molecule is CN(C)c1cccc2c(C(=O)CO)c3c(cc12)CCC3. The first-order valence-electron chi connectivity index (χ1n) is 7.02. The van der Waals surface area contributed by atoms with Gasteiger partial charge in [0, 0.05) is 30.7 Å². The number of fused-ring (bicyclic) bond motifs is 2. The number of carbonyl (C=O) groups is 1. The van der Waals surface area contributed by atoms with E-state index in [1.54, 1.807) is 0 Å². The van der Waals surface area contributed by atoms with Crippen LogP contribution in [0.5, 0.6) is 0 Å². The van der Waals surface area contributed by atoms with Crippen molar-refractivity contribution in [3.8, 4) is 0 Å². The Morgan fingerprint density at radius 1 is 1.25 bits per heavy atom. The number of aliphatic hydroxyl groups excluding tert-OH is 1. The lowest BCUT2D eigenvalue weighted by molar-refractivity contribution is 0.0904. The molecule has 2 aromatic rings. The maximum Gasteiger partial charge on any atom is 0.189 e. The highest BCUT2D eigenvalue weighted by Gasteiger charge is 2.23. The number of hydrogen-bond acceptors (Lipinski definition) is 3. The molecule has 2 aromatic carbocycles. The van der Waals surface area contributed by atoms with E-state index in [2.05, 4.69) is 17.0 Å². The molecule has 0 radical (unpaired) electrons. The van der Waals surface area contributed by atoms with Crippen molar-refractivity contribution in [2.24, 2.45) is 0 Å². The number of aryl methyl sites for hydroxylation is 1. The van der Waals surface area contributed by atoms with Gasteiger partial charge in [-0.05, 0) is 47.9 Å². The summed E-state index contributed by atoms with van der Waals surface area (Å²) in [5, 5.41) is 11.4. The van der Waals surface area contributed by atoms with E-state index in [1.165, 1.54) is 5.56 Å². The van der Waals surface area contributed by atoms with Crippen LogP contribution in [0.15, 0.2) is 24.3 Å². The van der Waals surface area contributed by atoms with Crippen molar-refractivity contribution in [3.05, 3.63) is 41.0 Å². The van der Waals surface area contributed by atoms with E-state index in [0.29, 0.717) is 0 Å². The van der Waals surface area contributed by atoms with E-state index in [9.17, 15) is 9.90 Å². The molecule has 1 N–H and O–H groups in total. The second kappa shape index (κ2) is 4.91. The van der Waals surface area contributed by atoms with Crippen LogP contribution in [0.2, 0.25) is 0 Å². The molecule has 0 aromatic heterocycles. The lowest BCUT2D eigenvalue weighted by Gasteiger charge is -2.18. The first-order chi connectivity index (χ1) is 9.63. The van der Waals surface area contributed by atoms with E-state index in [-0.39, 0.29) is 5.78 Å². The molecule has 104 valence electrons. The van der Waals surface area contributed by atoms with Crippen molar-refractivity contribution in [2.75, 3.05) is 25.6 Å². The molecule has 1 aliphatic rings. The Labute approximate surface area is 118 Å². The number of benzene rings is 2. The van der Waals surface area contributed by atoms with Gasteiger partial charge < -0.3 is 10.0 Å². The Kier molecular flexibility index (Phi) is 3.22. The number of ketones is 1. The zero-order valence-electron chi connectivity index (χ0n) is 11.9. The van der Waals surface area contributed by atoms with Crippen molar-refractivity contribution in [3.63, 3.8) is 0 Å². The van der Waals surface area contributed by atoms with Crippen LogP contribution in [0.1, 0.15) is 27.9 Å². The number of nitrogens with zero attached hydrogens (tertiary/aromatic N) is 1. The van der Waals surface area contributed by atoms with Gasteiger partial charge in [0.15, 0.2) is 5.78 Å². The molecule has 3 heteroatoms. The standard InChI is InChI=1S/C17H19NO2/c1-18(2)15-8-4-7-13-14(15)9-11-5-3-6-12(11)17(13)16(20)10-19/h4,7-9,19H,3,5-6,10H2,1-2H3. The van der Waals surface area contributed by atoms with Gasteiger partial charge in [0.1, 0.15) is 6.61 Å². The molecule has 0 saturated carbocycles. The van der Waals surface area contributed by atoms with Gasteiger partial charge in [0.2, 0.25) is 0 Å². The van der Waals surface area contributed by atoms with Gasteiger partial charge in [-0.3, -0.25) is 4.79 Å². The third-order valence-corrected chi connectivity index (χ3v) is 4.14. The molecule has 1 aliphatic carbocycles. The minimum Gasteiger partial charge on any atom is -0.388 e. The molecule has 0 unspecified atom stereocenters. The summed E-state index contributed by atoms with van der Waals surface area (Å²) < 4.78 is 0. The summed E-state index contributed by atoms with van der Waals surface area (Å²) in [6.45, 7) is -0.419. The number of rotatable bonds is 3. The maximum absolute atomic E-state index is 12.2. The minimum absolute atomic E-state index is 0.162. The molecule has 0 atom stereocenters. The molecule has 0 amide bonds. The second-order valence-corrected chi connectivity index (χ2v) is 5.59. The monoisotopic (exact) mass is 269 g/mol. The second-order valence-electron chi connectivity index (χ2n) is 5.59. The Bertz CT molecular complexity index is 689. The van der Waals surface area contributed by atoms with Crippen LogP contribution in [0.4, 0.5) is 5.69 Å². The van der Waals surface area contributed by atoms with Crippen molar-refractivity contribution >= 4 is 22.2 Å². The fourth-order valence-corrected chi connectivity index (χ4v) is 3.26. The molecule has 0 saturated heterocycles. The van der Waals surface area contributed by atoms with Crippen molar-refractivity contribution in [1.29, 1.82) is 0 Å². The van der Waals surface area contributed by atoms with Gasteiger partial charge in [-0.15, -0.1) is 0 Å². The van der Waals surface area contributed by atoms with Gasteiger partial charge in [0.25, 0.3) is 0 Å². The van der Waals surface area contributed by atoms with Crippen LogP contribution in [-0.4, -0.2) is 31.6 Å². The lowest BCUT2D eigenvalue weighted by atomic mass is 9.92. The number of anilines is 1. The van der Waals surface area contributed by atoms with Crippen LogP contribution in [0.25, 0.3) is 10.8 Å². The van der Waals surface area contributed by atoms with E-state index < -0.39 is 6.61 Å². The predicted molar refractivity (Wildman–Crippen MR) is 81.7 cm³/mol. The van der Waals surface area contributed by atoms with E-state index in [1.807, 2.05) is 26.2 Å². The summed E-state index contributed by atoms with van der Waals surface area (Å²) in [6.07, 6.45) is 3.06. The molecule has 0 aliphatic heterocycles.